The molecule has 1 saturated heterocycles. The van der Waals surface area contributed by atoms with Crippen LogP contribution in [0.4, 0.5) is 0 Å². The van der Waals surface area contributed by atoms with Crippen molar-refractivity contribution in [3.05, 3.63) is 34.2 Å². The number of aromatic amines is 1. The highest BCUT2D eigenvalue weighted by molar-refractivity contribution is 5.93. The van der Waals surface area contributed by atoms with E-state index in [0.29, 0.717) is 0 Å². The molecule has 1 aromatic rings. The van der Waals surface area contributed by atoms with Gasteiger partial charge in [0.25, 0.3) is 5.91 Å². The summed E-state index contributed by atoms with van der Waals surface area (Å²) in [6.45, 7) is 1.93. The summed E-state index contributed by atoms with van der Waals surface area (Å²) in [6.07, 6.45) is 6.01. The first kappa shape index (κ1) is 12.8. The summed E-state index contributed by atoms with van der Waals surface area (Å²) in [7, 11) is 1.78. The number of rotatable bonds is 2. The Bertz CT molecular complexity index is 461. The van der Waals surface area contributed by atoms with Crippen molar-refractivity contribution in [2.24, 2.45) is 0 Å². The molecule has 18 heavy (non-hydrogen) atoms. The number of carbonyl (C=O) groups excluding carboxylic acids is 1. The minimum absolute atomic E-state index is 0.191. The third kappa shape index (κ3) is 2.79. The first-order valence-electron chi connectivity index (χ1n) is 6.35. The zero-order chi connectivity index (χ0) is 13.0. The van der Waals surface area contributed by atoms with Crippen LogP contribution in [-0.2, 0) is 0 Å². The summed E-state index contributed by atoms with van der Waals surface area (Å²) in [5.41, 5.74) is -0.00504. The molecule has 0 spiro atoms. The Kier molecular flexibility index (Phi) is 4.15. The van der Waals surface area contributed by atoms with Crippen LogP contribution in [0.3, 0.4) is 0 Å². The Morgan fingerprint density at radius 2 is 2.22 bits per heavy atom. The summed E-state index contributed by atoms with van der Waals surface area (Å²) >= 11 is 0. The molecule has 2 N–H and O–H groups in total. The van der Waals surface area contributed by atoms with E-state index < -0.39 is 0 Å². The average Bonchev–Trinajstić information content (AvgIpc) is 2.66. The molecular formula is C13H19N3O2. The van der Waals surface area contributed by atoms with Crippen LogP contribution in [0.15, 0.2) is 23.3 Å². The second kappa shape index (κ2) is 5.82. The monoisotopic (exact) mass is 249 g/mol. The van der Waals surface area contributed by atoms with Gasteiger partial charge < -0.3 is 15.2 Å². The predicted molar refractivity (Wildman–Crippen MR) is 69.7 cm³/mol. The Labute approximate surface area is 106 Å². The van der Waals surface area contributed by atoms with Crippen LogP contribution in [0.2, 0.25) is 0 Å². The largest absolute Gasteiger partial charge is 0.367 e. The molecule has 1 unspecified atom stereocenters. The van der Waals surface area contributed by atoms with Crippen LogP contribution in [-0.4, -0.2) is 42.0 Å². The van der Waals surface area contributed by atoms with Crippen LogP contribution >= 0.6 is 0 Å². The van der Waals surface area contributed by atoms with Gasteiger partial charge in [-0.2, -0.15) is 0 Å². The number of hydrogen-bond acceptors (Lipinski definition) is 3. The number of hydrogen-bond donors (Lipinski definition) is 2. The van der Waals surface area contributed by atoms with E-state index in [2.05, 4.69) is 10.3 Å². The molecule has 1 aromatic heterocycles. The number of nitrogens with one attached hydrogen (secondary N) is 2. The van der Waals surface area contributed by atoms with Crippen LogP contribution in [0.5, 0.6) is 0 Å². The Morgan fingerprint density at radius 1 is 1.39 bits per heavy atom. The van der Waals surface area contributed by atoms with Crippen LogP contribution < -0.4 is 10.7 Å². The van der Waals surface area contributed by atoms with E-state index in [4.69, 9.17) is 0 Å². The molecule has 1 fully saturated rings. The fourth-order valence-corrected chi connectivity index (χ4v) is 2.33. The van der Waals surface area contributed by atoms with Gasteiger partial charge in [0.1, 0.15) is 5.56 Å². The highest BCUT2D eigenvalue weighted by Gasteiger charge is 2.23. The maximum atomic E-state index is 12.3. The number of nitrogens with zero attached hydrogens (tertiary/aromatic N) is 1. The normalized spacial score (nSPS) is 20.2. The number of aromatic nitrogens is 1. The first-order valence-corrected chi connectivity index (χ1v) is 6.35. The molecule has 0 saturated carbocycles. The zero-order valence-electron chi connectivity index (χ0n) is 10.6. The lowest BCUT2D eigenvalue weighted by Crippen LogP contribution is -2.39. The van der Waals surface area contributed by atoms with Gasteiger partial charge >= 0.3 is 0 Å². The average molecular weight is 249 g/mol. The maximum absolute atomic E-state index is 12.3. The molecule has 0 radical (unpaired) electrons. The highest BCUT2D eigenvalue weighted by atomic mass is 16.2. The fourth-order valence-electron chi connectivity index (χ4n) is 2.33. The van der Waals surface area contributed by atoms with Crippen molar-refractivity contribution in [1.82, 2.24) is 15.2 Å². The lowest BCUT2D eigenvalue weighted by molar-refractivity contribution is 0.0718. The fraction of sp³-hybridized carbons (Fsp3) is 0.538. The molecule has 5 nitrogen and oxygen atoms in total. The summed E-state index contributed by atoms with van der Waals surface area (Å²) in [4.78, 5) is 28.4. The molecule has 98 valence electrons. The van der Waals surface area contributed by atoms with Gasteiger partial charge in [-0.25, -0.2) is 0 Å². The molecule has 0 aliphatic carbocycles. The minimum atomic E-state index is -0.225. The topological polar surface area (TPSA) is 65.2 Å². The SMILES string of the molecule is CN(C(=O)c1c[nH]ccc1=O)C1CCCNCC1. The summed E-state index contributed by atoms with van der Waals surface area (Å²) in [6, 6.07) is 1.60. The van der Waals surface area contributed by atoms with E-state index in [0.717, 1.165) is 32.4 Å². The maximum Gasteiger partial charge on any atom is 0.259 e. The number of H-pyrrole nitrogens is 1. The second-order valence-corrected chi connectivity index (χ2v) is 4.67. The molecule has 5 heteroatoms. The molecule has 1 aliphatic heterocycles. The van der Waals surface area contributed by atoms with Gasteiger partial charge in [-0.1, -0.05) is 0 Å². The first-order chi connectivity index (χ1) is 8.70. The van der Waals surface area contributed by atoms with Crippen LogP contribution in [0, 0.1) is 0 Å². The van der Waals surface area contributed by atoms with Crippen molar-refractivity contribution in [2.45, 2.75) is 25.3 Å². The van der Waals surface area contributed by atoms with Gasteiger partial charge in [-0.05, 0) is 32.4 Å². The van der Waals surface area contributed by atoms with E-state index in [-0.39, 0.29) is 22.9 Å². The van der Waals surface area contributed by atoms with Crippen molar-refractivity contribution in [1.29, 1.82) is 0 Å². The second-order valence-electron chi connectivity index (χ2n) is 4.67. The predicted octanol–water partition coefficient (Wildman–Crippen LogP) is 0.589. The summed E-state index contributed by atoms with van der Waals surface area (Å²) < 4.78 is 0. The molecule has 1 aliphatic rings. The number of pyridine rings is 1. The van der Waals surface area contributed by atoms with Crippen molar-refractivity contribution in [3.63, 3.8) is 0 Å². The molecule has 1 amide bonds. The van der Waals surface area contributed by atoms with E-state index in [1.807, 2.05) is 0 Å². The Balaban J connectivity index is 2.13. The van der Waals surface area contributed by atoms with Crippen molar-refractivity contribution in [2.75, 3.05) is 20.1 Å². The standard InChI is InChI=1S/C13H19N3O2/c1-16(10-3-2-6-14-7-4-10)13(18)11-9-15-8-5-12(11)17/h5,8-10,14H,2-4,6-7H2,1H3,(H,15,17). The van der Waals surface area contributed by atoms with Gasteiger partial charge in [0.2, 0.25) is 0 Å². The zero-order valence-corrected chi connectivity index (χ0v) is 10.6. The van der Waals surface area contributed by atoms with Crippen LogP contribution in [0.25, 0.3) is 0 Å². The van der Waals surface area contributed by atoms with Gasteiger partial charge in [0.05, 0.1) is 0 Å². The molecular weight excluding hydrogens is 230 g/mol. The Morgan fingerprint density at radius 3 is 3.00 bits per heavy atom. The van der Waals surface area contributed by atoms with Crippen molar-refractivity contribution < 1.29 is 4.79 Å². The molecule has 2 rings (SSSR count). The van der Waals surface area contributed by atoms with E-state index >= 15 is 0 Å². The molecule has 2 heterocycles. The quantitative estimate of drug-likeness (QED) is 0.806. The van der Waals surface area contributed by atoms with Gasteiger partial charge in [-0.3, -0.25) is 9.59 Å². The van der Waals surface area contributed by atoms with Crippen molar-refractivity contribution >= 4 is 5.91 Å². The van der Waals surface area contributed by atoms with E-state index in [1.54, 1.807) is 11.9 Å². The number of amides is 1. The molecule has 0 bridgehead atoms. The lowest BCUT2D eigenvalue weighted by Gasteiger charge is -2.26. The van der Waals surface area contributed by atoms with Gasteiger partial charge in [-0.15, -0.1) is 0 Å². The Hall–Kier alpha value is -1.62. The van der Waals surface area contributed by atoms with Gasteiger partial charge in [0.15, 0.2) is 5.43 Å². The van der Waals surface area contributed by atoms with Gasteiger partial charge in [0, 0.05) is 31.5 Å². The highest BCUT2D eigenvalue weighted by Crippen LogP contribution is 2.13. The number of carbonyl (C=O) groups is 1. The third-order valence-corrected chi connectivity index (χ3v) is 3.47. The third-order valence-electron chi connectivity index (χ3n) is 3.47. The van der Waals surface area contributed by atoms with E-state index in [1.165, 1.54) is 18.5 Å². The minimum Gasteiger partial charge on any atom is -0.367 e. The smallest absolute Gasteiger partial charge is 0.259 e. The van der Waals surface area contributed by atoms with E-state index in [9.17, 15) is 9.59 Å². The summed E-state index contributed by atoms with van der Waals surface area (Å²) in [5.74, 6) is -0.191. The summed E-state index contributed by atoms with van der Waals surface area (Å²) in [5, 5.41) is 3.32. The van der Waals surface area contributed by atoms with Crippen molar-refractivity contribution in [3.8, 4) is 0 Å². The molecule has 0 aromatic carbocycles. The van der Waals surface area contributed by atoms with Crippen LogP contribution in [0.1, 0.15) is 29.6 Å². The molecule has 1 atom stereocenters. The lowest BCUT2D eigenvalue weighted by atomic mass is 10.1.